The summed E-state index contributed by atoms with van der Waals surface area (Å²) in [5.41, 5.74) is 1.59. The summed E-state index contributed by atoms with van der Waals surface area (Å²) in [6.45, 7) is 4.88. The number of anilines is 1. The molecule has 0 saturated carbocycles. The van der Waals surface area contributed by atoms with Crippen LogP contribution in [0.5, 0.6) is 0 Å². The molecule has 0 aliphatic heterocycles. The lowest BCUT2D eigenvalue weighted by Crippen LogP contribution is -2.30. The maximum atomic E-state index is 13.1. The summed E-state index contributed by atoms with van der Waals surface area (Å²) in [6, 6.07) is 2.32. The van der Waals surface area contributed by atoms with Crippen LogP contribution >= 0.6 is 0 Å². The van der Waals surface area contributed by atoms with E-state index in [1.807, 2.05) is 0 Å². The summed E-state index contributed by atoms with van der Waals surface area (Å²) in [6.07, 6.45) is -1.15. The molecule has 1 N–H and O–H groups in total. The minimum atomic E-state index is -1.15. The smallest absolute Gasteiger partial charge is 0.339 e. The molecule has 1 heterocycles. The Morgan fingerprint density at radius 3 is 2.29 bits per heavy atom. The maximum Gasteiger partial charge on any atom is 0.339 e. The number of carbonyl (C=O) groups is 2. The van der Waals surface area contributed by atoms with E-state index < -0.39 is 29.6 Å². The van der Waals surface area contributed by atoms with Crippen molar-refractivity contribution >= 4 is 17.6 Å². The highest BCUT2D eigenvalue weighted by atomic mass is 19.1. The summed E-state index contributed by atoms with van der Waals surface area (Å²) < 4.78 is 32.8. The van der Waals surface area contributed by atoms with Gasteiger partial charge in [-0.2, -0.15) is 5.10 Å². The standard InChI is InChI=1S/C16H17F2N3O3/c1-8-14(9(2)21(4)20-8)19-15(22)10(3)24-16(23)11-5-12(17)7-13(18)6-11/h5-7,10H,1-4H3,(H,19,22)/t10-/m1/s1. The van der Waals surface area contributed by atoms with Gasteiger partial charge in [-0.1, -0.05) is 0 Å². The van der Waals surface area contributed by atoms with Crippen LogP contribution < -0.4 is 5.32 Å². The Morgan fingerprint density at radius 1 is 1.21 bits per heavy atom. The fourth-order valence-corrected chi connectivity index (χ4v) is 2.13. The number of halogens is 2. The number of hydrogen-bond acceptors (Lipinski definition) is 4. The van der Waals surface area contributed by atoms with Crippen molar-refractivity contribution in [1.82, 2.24) is 9.78 Å². The summed E-state index contributed by atoms with van der Waals surface area (Å²) in [4.78, 5) is 24.1. The number of nitrogens with zero attached hydrogens (tertiary/aromatic N) is 2. The van der Waals surface area contributed by atoms with Gasteiger partial charge in [0.25, 0.3) is 5.91 Å². The van der Waals surface area contributed by atoms with E-state index in [1.54, 1.807) is 25.6 Å². The van der Waals surface area contributed by atoms with Crippen molar-refractivity contribution in [2.45, 2.75) is 26.9 Å². The molecule has 1 amide bonds. The van der Waals surface area contributed by atoms with E-state index in [1.165, 1.54) is 6.92 Å². The van der Waals surface area contributed by atoms with Crippen LogP contribution in [0.25, 0.3) is 0 Å². The molecule has 1 atom stereocenters. The van der Waals surface area contributed by atoms with Crippen LogP contribution in [0.4, 0.5) is 14.5 Å². The third kappa shape index (κ3) is 3.76. The van der Waals surface area contributed by atoms with Crippen LogP contribution in [0, 0.1) is 25.5 Å². The van der Waals surface area contributed by atoms with Crippen LogP contribution in [0.3, 0.4) is 0 Å². The zero-order chi connectivity index (χ0) is 18.0. The van der Waals surface area contributed by atoms with Crippen molar-refractivity contribution in [2.24, 2.45) is 7.05 Å². The monoisotopic (exact) mass is 337 g/mol. The van der Waals surface area contributed by atoms with Gasteiger partial charge in [0, 0.05) is 13.1 Å². The van der Waals surface area contributed by atoms with Gasteiger partial charge in [0.2, 0.25) is 0 Å². The predicted molar refractivity (Wildman–Crippen MR) is 82.5 cm³/mol. The van der Waals surface area contributed by atoms with E-state index in [-0.39, 0.29) is 5.56 Å². The molecule has 1 aromatic carbocycles. The average Bonchev–Trinajstić information content (AvgIpc) is 2.72. The Labute approximate surface area is 137 Å². The number of aromatic nitrogens is 2. The van der Waals surface area contributed by atoms with Gasteiger partial charge in [-0.05, 0) is 32.9 Å². The lowest BCUT2D eigenvalue weighted by Gasteiger charge is -2.14. The van der Waals surface area contributed by atoms with E-state index in [0.29, 0.717) is 17.4 Å². The summed E-state index contributed by atoms with van der Waals surface area (Å²) in [7, 11) is 1.74. The Balaban J connectivity index is 2.07. The first-order chi connectivity index (χ1) is 11.2. The molecule has 0 aliphatic carbocycles. The molecule has 0 aliphatic rings. The Hall–Kier alpha value is -2.77. The molecule has 128 valence electrons. The predicted octanol–water partition coefficient (Wildman–Crippen LogP) is 2.50. The van der Waals surface area contributed by atoms with Crippen LogP contribution in [0.15, 0.2) is 18.2 Å². The third-order valence-electron chi connectivity index (χ3n) is 3.51. The van der Waals surface area contributed by atoms with Gasteiger partial charge in [-0.15, -0.1) is 0 Å². The molecule has 8 heteroatoms. The second-order valence-corrected chi connectivity index (χ2v) is 5.36. The van der Waals surface area contributed by atoms with E-state index in [0.717, 1.165) is 17.8 Å². The maximum absolute atomic E-state index is 13.1. The van der Waals surface area contributed by atoms with Crippen LogP contribution in [0.1, 0.15) is 28.7 Å². The molecule has 0 bridgehead atoms. The zero-order valence-electron chi connectivity index (χ0n) is 13.7. The number of ether oxygens (including phenoxy) is 1. The fraction of sp³-hybridized carbons (Fsp3) is 0.312. The Morgan fingerprint density at radius 2 is 1.79 bits per heavy atom. The lowest BCUT2D eigenvalue weighted by molar-refractivity contribution is -0.123. The number of nitrogens with one attached hydrogen (secondary N) is 1. The SMILES string of the molecule is Cc1nn(C)c(C)c1NC(=O)[C@@H](C)OC(=O)c1cc(F)cc(F)c1. The third-order valence-corrected chi connectivity index (χ3v) is 3.51. The second-order valence-electron chi connectivity index (χ2n) is 5.36. The summed E-state index contributed by atoms with van der Waals surface area (Å²) in [5.74, 6) is -3.36. The van der Waals surface area contributed by atoms with E-state index in [4.69, 9.17) is 4.74 Å². The van der Waals surface area contributed by atoms with Crippen LogP contribution in [-0.2, 0) is 16.6 Å². The van der Waals surface area contributed by atoms with Crippen LogP contribution in [0.2, 0.25) is 0 Å². The summed E-state index contributed by atoms with van der Waals surface area (Å²) in [5, 5.41) is 6.79. The van der Waals surface area contributed by atoms with Gasteiger partial charge in [0.1, 0.15) is 11.6 Å². The zero-order valence-corrected chi connectivity index (χ0v) is 13.7. The van der Waals surface area contributed by atoms with Gasteiger partial charge in [0.15, 0.2) is 6.10 Å². The molecular formula is C16H17F2N3O3. The highest BCUT2D eigenvalue weighted by Crippen LogP contribution is 2.19. The number of carbonyl (C=O) groups excluding carboxylic acids is 2. The summed E-state index contributed by atoms with van der Waals surface area (Å²) >= 11 is 0. The first kappa shape index (κ1) is 17.6. The number of hydrogen-bond donors (Lipinski definition) is 1. The van der Waals surface area contributed by atoms with E-state index in [2.05, 4.69) is 10.4 Å². The first-order valence-corrected chi connectivity index (χ1v) is 7.17. The van der Waals surface area contributed by atoms with E-state index in [9.17, 15) is 18.4 Å². The minimum absolute atomic E-state index is 0.305. The fourth-order valence-electron chi connectivity index (χ4n) is 2.13. The highest BCUT2D eigenvalue weighted by Gasteiger charge is 2.22. The molecule has 1 aromatic heterocycles. The quantitative estimate of drug-likeness (QED) is 0.870. The molecular weight excluding hydrogens is 320 g/mol. The minimum Gasteiger partial charge on any atom is -0.449 e. The normalized spacial score (nSPS) is 11.9. The second kappa shape index (κ2) is 6.77. The molecule has 6 nitrogen and oxygen atoms in total. The molecule has 2 aromatic rings. The van der Waals surface area contributed by atoms with Gasteiger partial charge in [-0.3, -0.25) is 9.48 Å². The molecule has 2 rings (SSSR count). The van der Waals surface area contributed by atoms with Crippen molar-refractivity contribution in [1.29, 1.82) is 0 Å². The molecule has 24 heavy (non-hydrogen) atoms. The van der Waals surface area contributed by atoms with Crippen molar-refractivity contribution in [3.8, 4) is 0 Å². The average molecular weight is 337 g/mol. The van der Waals surface area contributed by atoms with Crippen molar-refractivity contribution < 1.29 is 23.1 Å². The molecule has 0 saturated heterocycles. The van der Waals surface area contributed by atoms with E-state index >= 15 is 0 Å². The number of esters is 1. The molecule has 0 radical (unpaired) electrons. The van der Waals surface area contributed by atoms with Gasteiger partial charge in [0.05, 0.1) is 22.6 Å². The topological polar surface area (TPSA) is 73.2 Å². The highest BCUT2D eigenvalue weighted by molar-refractivity contribution is 5.98. The number of rotatable bonds is 4. The van der Waals surface area contributed by atoms with Crippen LogP contribution in [-0.4, -0.2) is 27.8 Å². The van der Waals surface area contributed by atoms with Gasteiger partial charge >= 0.3 is 5.97 Å². The molecule has 0 unspecified atom stereocenters. The van der Waals surface area contributed by atoms with Gasteiger partial charge in [-0.25, -0.2) is 13.6 Å². The Bertz CT molecular complexity index is 782. The molecule has 0 fully saturated rings. The number of amides is 1. The molecule has 0 spiro atoms. The van der Waals surface area contributed by atoms with Crippen molar-refractivity contribution in [3.05, 3.63) is 46.8 Å². The first-order valence-electron chi connectivity index (χ1n) is 7.17. The lowest BCUT2D eigenvalue weighted by atomic mass is 10.2. The van der Waals surface area contributed by atoms with Crippen molar-refractivity contribution in [2.75, 3.05) is 5.32 Å². The largest absolute Gasteiger partial charge is 0.449 e. The van der Waals surface area contributed by atoms with Gasteiger partial charge < -0.3 is 10.1 Å². The Kier molecular flexibility index (Phi) is 4.96. The number of benzene rings is 1. The number of aryl methyl sites for hydroxylation is 2. The van der Waals surface area contributed by atoms with Crippen molar-refractivity contribution in [3.63, 3.8) is 0 Å².